The highest BCUT2D eigenvalue weighted by Crippen LogP contribution is 2.30. The molecule has 0 saturated heterocycles. The molecule has 2 aromatic carbocycles. The van der Waals surface area contributed by atoms with Crippen LogP contribution in [0.4, 0.5) is 17.2 Å². The molecule has 11 heteroatoms. The van der Waals surface area contributed by atoms with Crippen LogP contribution < -0.4 is 15.4 Å². The van der Waals surface area contributed by atoms with E-state index in [2.05, 4.69) is 35.8 Å². The van der Waals surface area contributed by atoms with Crippen LogP contribution in [0.25, 0.3) is 16.6 Å². The van der Waals surface area contributed by atoms with Crippen molar-refractivity contribution in [3.8, 4) is 11.6 Å². The van der Waals surface area contributed by atoms with Crippen molar-refractivity contribution in [3.05, 3.63) is 67.0 Å². The third-order valence-electron chi connectivity index (χ3n) is 5.33. The van der Waals surface area contributed by atoms with E-state index in [1.807, 2.05) is 31.2 Å². The summed E-state index contributed by atoms with van der Waals surface area (Å²) in [5, 5.41) is 24.6. The van der Waals surface area contributed by atoms with Crippen molar-refractivity contribution >= 4 is 39.6 Å². The smallest absolute Gasteiger partial charge is 0.227 e. The van der Waals surface area contributed by atoms with E-state index in [1.54, 1.807) is 49.1 Å². The highest BCUT2D eigenvalue weighted by atomic mass is 16.5. The third kappa shape index (κ3) is 5.20. The van der Waals surface area contributed by atoms with Crippen molar-refractivity contribution in [2.45, 2.75) is 32.8 Å². The largest absolute Gasteiger partial charge is 0.439 e. The molecule has 0 unspecified atom stereocenters. The number of aliphatic hydroxyl groups is 1. The number of amides is 1. The topological polar surface area (TPSA) is 139 Å². The molecule has 0 aliphatic rings. The highest BCUT2D eigenvalue weighted by molar-refractivity contribution is 5.97. The fourth-order valence-electron chi connectivity index (χ4n) is 3.69. The van der Waals surface area contributed by atoms with Crippen LogP contribution in [0.5, 0.6) is 11.6 Å². The van der Waals surface area contributed by atoms with E-state index in [0.29, 0.717) is 28.8 Å². The van der Waals surface area contributed by atoms with Crippen LogP contribution in [0.2, 0.25) is 0 Å². The van der Waals surface area contributed by atoms with Crippen molar-refractivity contribution in [1.29, 1.82) is 0 Å². The molecule has 0 aliphatic carbocycles. The summed E-state index contributed by atoms with van der Waals surface area (Å²) in [6, 6.07) is 12.7. The number of hydrogen-bond donors (Lipinski definition) is 3. The second-order valence-electron chi connectivity index (χ2n) is 9.02. The fraction of sp³-hybridized carbons (Fsp3) is 0.200. The van der Waals surface area contributed by atoms with Gasteiger partial charge in [-0.2, -0.15) is 0 Å². The molecule has 0 atom stereocenters. The molecule has 0 saturated carbocycles. The van der Waals surface area contributed by atoms with E-state index in [4.69, 9.17) is 4.74 Å². The quantitative estimate of drug-likeness (QED) is 0.312. The molecule has 11 nitrogen and oxygen atoms in total. The van der Waals surface area contributed by atoms with Crippen LogP contribution in [0.3, 0.4) is 0 Å². The zero-order chi connectivity index (χ0) is 25.3. The number of carbonyl (C=O) groups is 1. The van der Waals surface area contributed by atoms with Gasteiger partial charge in [0, 0.05) is 22.8 Å². The van der Waals surface area contributed by atoms with Gasteiger partial charge in [-0.3, -0.25) is 9.20 Å². The molecule has 3 aromatic heterocycles. The minimum atomic E-state index is -1.09. The Hall–Kier alpha value is -4.64. The molecular weight excluding hydrogens is 460 g/mol. The standard InChI is InChI=1S/C25H24N8O3/c1-15-8-16(5-7-20(15)36-23-10-21-32-29-14-33(21)13-28-23)31-24-18-9-17(4-6-19(18)26-12-27-24)30-22(34)11-25(2,3)35/h4-10,12-14,35H,11H2,1-3H3,(H,30,34)(H,26,27,31). The lowest BCUT2D eigenvalue weighted by atomic mass is 10.1. The summed E-state index contributed by atoms with van der Waals surface area (Å²) >= 11 is 0. The Morgan fingerprint density at radius 2 is 1.89 bits per heavy atom. The van der Waals surface area contributed by atoms with E-state index in [-0.39, 0.29) is 12.3 Å². The first-order chi connectivity index (χ1) is 17.2. The fourth-order valence-corrected chi connectivity index (χ4v) is 3.69. The van der Waals surface area contributed by atoms with Gasteiger partial charge in [0.2, 0.25) is 11.8 Å². The van der Waals surface area contributed by atoms with Crippen molar-refractivity contribution in [2.24, 2.45) is 0 Å². The van der Waals surface area contributed by atoms with Crippen molar-refractivity contribution in [3.63, 3.8) is 0 Å². The van der Waals surface area contributed by atoms with E-state index < -0.39 is 5.60 Å². The monoisotopic (exact) mass is 484 g/mol. The van der Waals surface area contributed by atoms with Gasteiger partial charge in [0.25, 0.3) is 0 Å². The first-order valence-corrected chi connectivity index (χ1v) is 11.2. The van der Waals surface area contributed by atoms with Gasteiger partial charge in [0.1, 0.15) is 30.5 Å². The molecule has 182 valence electrons. The van der Waals surface area contributed by atoms with Crippen molar-refractivity contribution in [2.75, 3.05) is 10.6 Å². The van der Waals surface area contributed by atoms with Gasteiger partial charge in [-0.15, -0.1) is 10.2 Å². The second-order valence-corrected chi connectivity index (χ2v) is 9.02. The minimum absolute atomic E-state index is 0.0164. The average Bonchev–Trinajstić information content (AvgIpc) is 3.28. The summed E-state index contributed by atoms with van der Waals surface area (Å²) in [6.45, 7) is 5.12. The number of ether oxygens (including phenoxy) is 1. The maximum atomic E-state index is 12.2. The lowest BCUT2D eigenvalue weighted by molar-refractivity contribution is -0.119. The van der Waals surface area contributed by atoms with Crippen LogP contribution in [-0.2, 0) is 4.79 Å². The van der Waals surface area contributed by atoms with Gasteiger partial charge in [-0.1, -0.05) is 0 Å². The normalized spacial score (nSPS) is 11.6. The Morgan fingerprint density at radius 3 is 2.69 bits per heavy atom. The predicted molar refractivity (Wildman–Crippen MR) is 134 cm³/mol. The van der Waals surface area contributed by atoms with Gasteiger partial charge < -0.3 is 20.5 Å². The molecule has 0 spiro atoms. The summed E-state index contributed by atoms with van der Waals surface area (Å²) in [7, 11) is 0. The van der Waals surface area contributed by atoms with Crippen molar-refractivity contribution in [1.82, 2.24) is 29.5 Å². The number of benzene rings is 2. The predicted octanol–water partition coefficient (Wildman–Crippen LogP) is 4.01. The Balaban J connectivity index is 1.36. The molecule has 0 bridgehead atoms. The first kappa shape index (κ1) is 23.1. The van der Waals surface area contributed by atoms with Crippen LogP contribution in [0, 0.1) is 6.92 Å². The molecule has 0 radical (unpaired) electrons. The maximum absolute atomic E-state index is 12.2. The van der Waals surface area contributed by atoms with Gasteiger partial charge in [0.15, 0.2) is 5.65 Å². The number of fused-ring (bicyclic) bond motifs is 2. The zero-order valence-electron chi connectivity index (χ0n) is 19.9. The second kappa shape index (κ2) is 9.19. The van der Waals surface area contributed by atoms with E-state index in [9.17, 15) is 9.90 Å². The van der Waals surface area contributed by atoms with Crippen LogP contribution in [0.15, 0.2) is 61.4 Å². The van der Waals surface area contributed by atoms with Crippen LogP contribution in [0.1, 0.15) is 25.8 Å². The first-order valence-electron chi connectivity index (χ1n) is 11.2. The van der Waals surface area contributed by atoms with Crippen molar-refractivity contribution < 1.29 is 14.6 Å². The number of carbonyl (C=O) groups excluding carboxylic acids is 1. The summed E-state index contributed by atoms with van der Waals surface area (Å²) in [4.78, 5) is 25.2. The molecule has 3 N–H and O–H groups in total. The van der Waals surface area contributed by atoms with Crippen LogP contribution >= 0.6 is 0 Å². The Labute approximate surface area is 206 Å². The van der Waals surface area contributed by atoms with E-state index in [0.717, 1.165) is 22.2 Å². The summed E-state index contributed by atoms with van der Waals surface area (Å²) < 4.78 is 7.64. The molecule has 0 fully saturated rings. The summed E-state index contributed by atoms with van der Waals surface area (Å²) in [5.41, 5.74) is 2.55. The Morgan fingerprint density at radius 1 is 1.06 bits per heavy atom. The zero-order valence-corrected chi connectivity index (χ0v) is 19.9. The number of nitrogens with one attached hydrogen (secondary N) is 2. The maximum Gasteiger partial charge on any atom is 0.227 e. The summed E-state index contributed by atoms with van der Waals surface area (Å²) in [5.74, 6) is 1.38. The number of nitrogens with zero attached hydrogens (tertiary/aromatic N) is 6. The number of aryl methyl sites for hydroxylation is 1. The van der Waals surface area contributed by atoms with Gasteiger partial charge >= 0.3 is 0 Å². The molecular formula is C25H24N8O3. The lowest BCUT2D eigenvalue weighted by Gasteiger charge is -2.16. The number of anilines is 3. The van der Waals surface area contributed by atoms with E-state index >= 15 is 0 Å². The molecule has 3 heterocycles. The number of hydrogen-bond acceptors (Lipinski definition) is 9. The molecule has 1 amide bonds. The van der Waals surface area contributed by atoms with Gasteiger partial charge in [-0.05, 0) is 62.7 Å². The SMILES string of the molecule is Cc1cc(Nc2ncnc3ccc(NC(=O)CC(C)(C)O)cc23)ccc1Oc1cc2nncn2cn1. The number of rotatable bonds is 7. The number of aromatic nitrogens is 6. The molecule has 0 aliphatic heterocycles. The van der Waals surface area contributed by atoms with Crippen LogP contribution in [-0.4, -0.2) is 46.2 Å². The Bertz CT molecular complexity index is 1580. The average molecular weight is 485 g/mol. The van der Waals surface area contributed by atoms with Gasteiger partial charge in [0.05, 0.1) is 17.5 Å². The highest BCUT2D eigenvalue weighted by Gasteiger charge is 2.18. The lowest BCUT2D eigenvalue weighted by Crippen LogP contribution is -2.27. The minimum Gasteiger partial charge on any atom is -0.439 e. The molecule has 5 rings (SSSR count). The van der Waals surface area contributed by atoms with Gasteiger partial charge in [-0.25, -0.2) is 15.0 Å². The molecule has 36 heavy (non-hydrogen) atoms. The summed E-state index contributed by atoms with van der Waals surface area (Å²) in [6.07, 6.45) is 4.63. The molecule has 5 aromatic rings. The third-order valence-corrected chi connectivity index (χ3v) is 5.33. The van der Waals surface area contributed by atoms with E-state index in [1.165, 1.54) is 6.33 Å². The Kier molecular flexibility index (Phi) is 5.90.